The standard InChI is InChI=1S/C35H44BrFN4OSi/c1-19(2)43(20(3)4,21(5)6)42-27-14-24-10-9-11-30(36)32(24)28(15-27)34-33(37)31-22(7)23(8)39-35(29(31)16-38-34)41-17-25-12-13-26(18-41)40-25/h9-11,14-16,19-21,25-26,40H,12-13,17-18H2,1-8H3. The van der Waals surface area contributed by atoms with Gasteiger partial charge in [-0.25, -0.2) is 9.37 Å². The molecule has 43 heavy (non-hydrogen) atoms. The quantitative estimate of drug-likeness (QED) is 0.200. The number of nitrogens with one attached hydrogen (secondary N) is 1. The molecule has 2 unspecified atom stereocenters. The summed E-state index contributed by atoms with van der Waals surface area (Å²) in [6.45, 7) is 19.5. The molecule has 0 radical (unpaired) electrons. The SMILES string of the molecule is Cc1nc(N2CC3CCC(C2)N3)c2cnc(-c3cc(O[Si](C(C)C)(C(C)C)C(C)C)cc4cccc(Br)c34)c(F)c2c1C. The first-order chi connectivity index (χ1) is 20.4. The molecule has 2 aliphatic rings. The number of nitrogens with zero attached hydrogens (tertiary/aromatic N) is 3. The molecule has 8 heteroatoms. The molecule has 2 aliphatic heterocycles. The van der Waals surface area contributed by atoms with Gasteiger partial charge in [0.2, 0.25) is 0 Å². The van der Waals surface area contributed by atoms with Crippen LogP contribution in [0.15, 0.2) is 41.0 Å². The number of aromatic nitrogens is 2. The Hall–Kier alpha value is -2.55. The lowest BCUT2D eigenvalue weighted by molar-refractivity contribution is 0.464. The molecule has 0 amide bonds. The minimum absolute atomic E-state index is 0.297. The maximum absolute atomic E-state index is 17.1. The Kier molecular flexibility index (Phi) is 8.09. The van der Waals surface area contributed by atoms with E-state index in [-0.39, 0.29) is 5.82 Å². The molecule has 4 heterocycles. The van der Waals surface area contributed by atoms with Gasteiger partial charge in [-0.1, -0.05) is 69.6 Å². The molecule has 0 spiro atoms. The van der Waals surface area contributed by atoms with E-state index < -0.39 is 8.32 Å². The second-order valence-electron chi connectivity index (χ2n) is 13.6. The molecule has 2 bridgehead atoms. The lowest BCUT2D eigenvalue weighted by Gasteiger charge is -2.42. The zero-order valence-corrected chi connectivity index (χ0v) is 29.3. The molecule has 2 fully saturated rings. The topological polar surface area (TPSA) is 50.3 Å². The number of hydrogen-bond acceptors (Lipinski definition) is 5. The third kappa shape index (κ3) is 5.07. The average Bonchev–Trinajstić information content (AvgIpc) is 3.29. The van der Waals surface area contributed by atoms with Gasteiger partial charge in [-0.05, 0) is 72.5 Å². The van der Waals surface area contributed by atoms with Crippen molar-refractivity contribution in [1.29, 1.82) is 0 Å². The highest BCUT2D eigenvalue weighted by molar-refractivity contribution is 9.10. The Bertz CT molecular complexity index is 1670. The minimum atomic E-state index is -2.24. The summed E-state index contributed by atoms with van der Waals surface area (Å²) in [6.07, 6.45) is 4.20. The second kappa shape index (κ2) is 11.4. The van der Waals surface area contributed by atoms with E-state index in [0.29, 0.717) is 39.8 Å². The summed E-state index contributed by atoms with van der Waals surface area (Å²) in [6, 6.07) is 11.2. The Morgan fingerprint density at radius 3 is 2.26 bits per heavy atom. The van der Waals surface area contributed by atoms with Crippen LogP contribution in [0.25, 0.3) is 32.8 Å². The van der Waals surface area contributed by atoms with Crippen molar-refractivity contribution in [2.24, 2.45) is 0 Å². The summed E-state index contributed by atoms with van der Waals surface area (Å²) in [5, 5.41) is 7.03. The molecule has 6 rings (SSSR count). The molecular formula is C35H44BrFN4OSi. The van der Waals surface area contributed by atoms with Crippen LogP contribution >= 0.6 is 15.9 Å². The highest BCUT2D eigenvalue weighted by Gasteiger charge is 2.47. The van der Waals surface area contributed by atoms with Crippen LogP contribution < -0.4 is 14.6 Å². The van der Waals surface area contributed by atoms with Crippen LogP contribution in [-0.2, 0) is 0 Å². The van der Waals surface area contributed by atoms with Crippen molar-refractivity contribution in [3.05, 3.63) is 58.1 Å². The van der Waals surface area contributed by atoms with Gasteiger partial charge in [-0.15, -0.1) is 0 Å². The molecular weight excluding hydrogens is 619 g/mol. The molecule has 0 saturated carbocycles. The van der Waals surface area contributed by atoms with Crippen molar-refractivity contribution in [1.82, 2.24) is 15.3 Å². The van der Waals surface area contributed by atoms with E-state index >= 15 is 4.39 Å². The zero-order valence-electron chi connectivity index (χ0n) is 26.7. The number of rotatable bonds is 7. The van der Waals surface area contributed by atoms with Gasteiger partial charge < -0.3 is 14.6 Å². The van der Waals surface area contributed by atoms with Crippen molar-refractivity contribution in [3.63, 3.8) is 0 Å². The summed E-state index contributed by atoms with van der Waals surface area (Å²) in [5.74, 6) is 1.34. The number of aryl methyl sites for hydroxylation is 2. The molecule has 1 N–H and O–H groups in total. The largest absolute Gasteiger partial charge is 0.543 e. The van der Waals surface area contributed by atoms with Crippen LogP contribution in [0.5, 0.6) is 5.75 Å². The molecule has 228 valence electrons. The van der Waals surface area contributed by atoms with E-state index in [1.165, 1.54) is 12.8 Å². The summed E-state index contributed by atoms with van der Waals surface area (Å²) in [7, 11) is -2.24. The molecule has 2 atom stereocenters. The summed E-state index contributed by atoms with van der Waals surface area (Å²) >= 11 is 3.78. The van der Waals surface area contributed by atoms with E-state index in [9.17, 15) is 0 Å². The maximum atomic E-state index is 17.1. The van der Waals surface area contributed by atoms with Gasteiger partial charge in [-0.3, -0.25) is 4.98 Å². The Morgan fingerprint density at radius 1 is 0.977 bits per heavy atom. The number of anilines is 1. The highest BCUT2D eigenvalue weighted by Crippen LogP contribution is 2.46. The van der Waals surface area contributed by atoms with Crippen molar-refractivity contribution in [2.45, 2.75) is 96.9 Å². The fourth-order valence-electron chi connectivity index (χ4n) is 8.06. The second-order valence-corrected chi connectivity index (χ2v) is 19.9. The van der Waals surface area contributed by atoms with Crippen LogP contribution in [0, 0.1) is 19.7 Å². The van der Waals surface area contributed by atoms with Gasteiger partial charge in [0.1, 0.15) is 17.3 Å². The number of pyridine rings is 2. The molecule has 2 saturated heterocycles. The van der Waals surface area contributed by atoms with Crippen LogP contribution in [0.3, 0.4) is 0 Å². The van der Waals surface area contributed by atoms with Crippen molar-refractivity contribution >= 4 is 51.6 Å². The minimum Gasteiger partial charge on any atom is -0.543 e. The van der Waals surface area contributed by atoms with Crippen LogP contribution in [-0.4, -0.2) is 43.5 Å². The van der Waals surface area contributed by atoms with Crippen molar-refractivity contribution in [3.8, 4) is 17.0 Å². The van der Waals surface area contributed by atoms with Gasteiger partial charge in [0.05, 0.1) is 0 Å². The lowest BCUT2D eigenvalue weighted by atomic mass is 9.97. The number of hydrogen-bond donors (Lipinski definition) is 1. The number of piperazine rings is 1. The van der Waals surface area contributed by atoms with Crippen LogP contribution in [0.4, 0.5) is 10.2 Å². The van der Waals surface area contributed by atoms with Crippen LogP contribution in [0.2, 0.25) is 16.6 Å². The van der Waals surface area contributed by atoms with Gasteiger partial charge in [0.15, 0.2) is 5.82 Å². The van der Waals surface area contributed by atoms with E-state index in [1.54, 1.807) is 0 Å². The summed E-state index contributed by atoms with van der Waals surface area (Å²) < 4.78 is 25.1. The predicted molar refractivity (Wildman–Crippen MR) is 183 cm³/mol. The van der Waals surface area contributed by atoms with Crippen LogP contribution in [0.1, 0.15) is 65.6 Å². The molecule has 5 nitrogen and oxygen atoms in total. The van der Waals surface area contributed by atoms with E-state index in [0.717, 1.165) is 62.1 Å². The third-order valence-corrected chi connectivity index (χ3v) is 16.8. The fraction of sp³-hybridized carbons (Fsp3) is 0.486. The monoisotopic (exact) mass is 662 g/mol. The number of halogens is 2. The van der Waals surface area contributed by atoms with Gasteiger partial charge in [0.25, 0.3) is 8.32 Å². The summed E-state index contributed by atoms with van der Waals surface area (Å²) in [5.41, 5.74) is 4.06. The molecule has 0 aliphatic carbocycles. The van der Waals surface area contributed by atoms with E-state index in [1.807, 2.05) is 38.2 Å². The Labute approximate surface area is 264 Å². The van der Waals surface area contributed by atoms with Crippen molar-refractivity contribution in [2.75, 3.05) is 18.0 Å². The first-order valence-electron chi connectivity index (χ1n) is 15.8. The Balaban J connectivity index is 1.56. The van der Waals surface area contributed by atoms with Gasteiger partial charge in [0, 0.05) is 63.3 Å². The molecule has 2 aromatic carbocycles. The molecule has 2 aromatic heterocycles. The average molecular weight is 664 g/mol. The van der Waals surface area contributed by atoms with E-state index in [4.69, 9.17) is 14.4 Å². The smallest absolute Gasteiger partial charge is 0.258 e. The van der Waals surface area contributed by atoms with Crippen molar-refractivity contribution < 1.29 is 8.82 Å². The maximum Gasteiger partial charge on any atom is 0.258 e. The van der Waals surface area contributed by atoms with E-state index in [2.05, 4.69) is 79.8 Å². The summed E-state index contributed by atoms with van der Waals surface area (Å²) in [4.78, 5) is 12.2. The third-order valence-electron chi connectivity index (χ3n) is 10.1. The normalized spacial score (nSPS) is 19.0. The fourth-order valence-corrected chi connectivity index (χ4v) is 13.9. The molecule has 4 aromatic rings. The van der Waals surface area contributed by atoms with Gasteiger partial charge >= 0.3 is 0 Å². The zero-order chi connectivity index (χ0) is 30.8. The first-order valence-corrected chi connectivity index (χ1v) is 18.7. The number of fused-ring (bicyclic) bond motifs is 4. The van der Waals surface area contributed by atoms with Gasteiger partial charge in [-0.2, -0.15) is 0 Å². The lowest BCUT2D eigenvalue weighted by Crippen LogP contribution is -2.51. The number of benzene rings is 2. The Morgan fingerprint density at radius 2 is 1.63 bits per heavy atom. The predicted octanol–water partition coefficient (Wildman–Crippen LogP) is 9.46. The highest BCUT2D eigenvalue weighted by atomic mass is 79.9. The first kappa shape index (κ1) is 30.5.